The Morgan fingerprint density at radius 1 is 0.933 bits per heavy atom. The lowest BCUT2D eigenvalue weighted by Crippen LogP contribution is -2.10. The highest BCUT2D eigenvalue weighted by molar-refractivity contribution is 7.87. The second-order valence-electron chi connectivity index (χ2n) is 6.28. The molecule has 0 atom stereocenters. The van der Waals surface area contributed by atoms with Gasteiger partial charge in [-0.3, -0.25) is 0 Å². The maximum Gasteiger partial charge on any atom is 0.368 e. The molecular formula is C22H14ClNO5S. The molecule has 30 heavy (non-hydrogen) atoms. The molecule has 150 valence electrons. The minimum Gasteiger partial charge on any atom is -0.377 e. The second-order valence-corrected chi connectivity index (χ2v) is 8.24. The van der Waals surface area contributed by atoms with Crippen LogP contribution in [-0.2, 0) is 19.8 Å². The fourth-order valence-corrected chi connectivity index (χ4v) is 4.05. The van der Waals surface area contributed by atoms with Crippen molar-refractivity contribution in [3.63, 3.8) is 0 Å². The highest BCUT2D eigenvalue weighted by Gasteiger charge is 2.27. The number of hydrogen-bond acceptors (Lipinski definition) is 6. The molecule has 8 heteroatoms. The Morgan fingerprint density at radius 2 is 1.60 bits per heavy atom. The molecule has 0 aliphatic carbocycles. The number of hydrogen-bond donors (Lipinski definition) is 0. The van der Waals surface area contributed by atoms with Gasteiger partial charge >= 0.3 is 16.1 Å². The molecule has 6 nitrogen and oxygen atoms in total. The molecule has 0 saturated heterocycles. The predicted molar refractivity (Wildman–Crippen MR) is 113 cm³/mol. The van der Waals surface area contributed by atoms with Crippen molar-refractivity contribution in [2.75, 3.05) is 0 Å². The van der Waals surface area contributed by atoms with Crippen LogP contribution in [0.5, 0.6) is 5.75 Å². The summed E-state index contributed by atoms with van der Waals surface area (Å²) in [5.41, 5.74) is 1.96. The monoisotopic (exact) mass is 439 g/mol. The van der Waals surface area contributed by atoms with Crippen molar-refractivity contribution >= 4 is 39.5 Å². The molecule has 4 rings (SSSR count). The molecule has 3 aromatic carbocycles. The van der Waals surface area contributed by atoms with E-state index in [1.165, 1.54) is 24.3 Å². The van der Waals surface area contributed by atoms with Gasteiger partial charge in [0.2, 0.25) is 0 Å². The molecule has 0 fully saturated rings. The van der Waals surface area contributed by atoms with E-state index in [9.17, 15) is 13.2 Å². The summed E-state index contributed by atoms with van der Waals surface area (Å²) >= 11 is 6.23. The number of carbonyl (C=O) groups is 1. The van der Waals surface area contributed by atoms with Gasteiger partial charge in [0.1, 0.15) is 10.6 Å². The third-order valence-electron chi connectivity index (χ3n) is 4.24. The van der Waals surface area contributed by atoms with Crippen LogP contribution < -0.4 is 4.18 Å². The van der Waals surface area contributed by atoms with Gasteiger partial charge in [-0.2, -0.15) is 8.42 Å². The molecule has 0 unspecified atom stereocenters. The van der Waals surface area contributed by atoms with Gasteiger partial charge in [-0.15, -0.1) is 0 Å². The molecule has 0 aromatic heterocycles. The third-order valence-corrected chi connectivity index (χ3v) is 5.78. The Hall–Kier alpha value is -3.42. The summed E-state index contributed by atoms with van der Waals surface area (Å²) in [6.45, 7) is 0. The summed E-state index contributed by atoms with van der Waals surface area (Å²) in [7, 11) is -4.02. The number of oxime groups is 1. The van der Waals surface area contributed by atoms with Crippen LogP contribution in [0.1, 0.15) is 11.1 Å². The summed E-state index contributed by atoms with van der Waals surface area (Å²) in [5, 5.41) is 3.93. The Bertz CT molecular complexity index is 1270. The van der Waals surface area contributed by atoms with Gasteiger partial charge in [0.25, 0.3) is 0 Å². The number of rotatable bonds is 5. The summed E-state index contributed by atoms with van der Waals surface area (Å²) in [6, 6.07) is 21.4. The first kappa shape index (κ1) is 19.9. The normalized spacial score (nSPS) is 15.0. The quantitative estimate of drug-likeness (QED) is 0.333. The van der Waals surface area contributed by atoms with E-state index < -0.39 is 16.1 Å². The molecule has 0 amide bonds. The van der Waals surface area contributed by atoms with E-state index in [2.05, 4.69) is 5.16 Å². The summed E-state index contributed by atoms with van der Waals surface area (Å²) in [4.78, 5) is 17.0. The maximum absolute atomic E-state index is 12.4. The van der Waals surface area contributed by atoms with Crippen LogP contribution in [0, 0.1) is 0 Å². The molecule has 1 aliphatic heterocycles. The molecule has 3 aromatic rings. The summed E-state index contributed by atoms with van der Waals surface area (Å²) in [6.07, 6.45) is 1.57. The first-order valence-corrected chi connectivity index (χ1v) is 10.6. The van der Waals surface area contributed by atoms with Crippen LogP contribution in [0.15, 0.2) is 94.5 Å². The SMILES string of the molecule is O=C1ON=C(c2ccccc2)/C1=C/c1ccc(OS(=O)(=O)c2ccccc2)c(Cl)c1. The lowest BCUT2D eigenvalue weighted by Gasteiger charge is -2.09. The van der Waals surface area contributed by atoms with E-state index in [4.69, 9.17) is 20.6 Å². The van der Waals surface area contributed by atoms with Crippen molar-refractivity contribution in [2.24, 2.45) is 5.16 Å². The first-order chi connectivity index (χ1) is 14.4. The van der Waals surface area contributed by atoms with E-state index in [1.807, 2.05) is 30.3 Å². The highest BCUT2D eigenvalue weighted by Crippen LogP contribution is 2.30. The zero-order valence-corrected chi connectivity index (χ0v) is 16.9. The van der Waals surface area contributed by atoms with Crippen LogP contribution >= 0.6 is 11.6 Å². The predicted octanol–water partition coefficient (Wildman–Crippen LogP) is 4.45. The van der Waals surface area contributed by atoms with Crippen LogP contribution in [-0.4, -0.2) is 20.1 Å². The number of benzene rings is 3. The smallest absolute Gasteiger partial charge is 0.368 e. The van der Waals surface area contributed by atoms with E-state index >= 15 is 0 Å². The van der Waals surface area contributed by atoms with Gasteiger partial charge < -0.3 is 9.02 Å². The van der Waals surface area contributed by atoms with Gasteiger partial charge in [0.15, 0.2) is 5.75 Å². The molecule has 0 N–H and O–H groups in total. The largest absolute Gasteiger partial charge is 0.377 e. The molecule has 0 spiro atoms. The lowest BCUT2D eigenvalue weighted by molar-refractivity contribution is -0.136. The van der Waals surface area contributed by atoms with Crippen LogP contribution in [0.25, 0.3) is 6.08 Å². The van der Waals surface area contributed by atoms with Crippen molar-refractivity contribution in [1.82, 2.24) is 0 Å². The topological polar surface area (TPSA) is 82.0 Å². The van der Waals surface area contributed by atoms with Gasteiger partial charge in [-0.05, 0) is 35.9 Å². The minimum atomic E-state index is -4.02. The van der Waals surface area contributed by atoms with E-state index in [0.717, 1.165) is 5.56 Å². The summed E-state index contributed by atoms with van der Waals surface area (Å²) < 4.78 is 29.9. The zero-order valence-electron chi connectivity index (χ0n) is 15.4. The highest BCUT2D eigenvalue weighted by atomic mass is 35.5. The number of halogens is 1. The Labute approximate surface area is 178 Å². The van der Waals surface area contributed by atoms with Gasteiger partial charge in [-0.1, -0.05) is 71.4 Å². The van der Waals surface area contributed by atoms with Crippen molar-refractivity contribution in [1.29, 1.82) is 0 Å². The number of nitrogens with zero attached hydrogens (tertiary/aromatic N) is 1. The molecule has 1 heterocycles. The fraction of sp³-hybridized carbons (Fsp3) is 0. The average Bonchev–Trinajstić information content (AvgIpc) is 3.11. The fourth-order valence-electron chi connectivity index (χ4n) is 2.81. The van der Waals surface area contributed by atoms with Crippen molar-refractivity contribution in [3.05, 3.63) is 101 Å². The zero-order chi connectivity index (χ0) is 21.1. The number of carbonyl (C=O) groups excluding carboxylic acids is 1. The van der Waals surface area contributed by atoms with Crippen LogP contribution in [0.4, 0.5) is 0 Å². The van der Waals surface area contributed by atoms with Crippen molar-refractivity contribution < 1.29 is 22.2 Å². The lowest BCUT2D eigenvalue weighted by atomic mass is 10.0. The van der Waals surface area contributed by atoms with Crippen molar-refractivity contribution in [2.45, 2.75) is 4.90 Å². The summed E-state index contributed by atoms with van der Waals surface area (Å²) in [5.74, 6) is -0.606. The molecule has 0 saturated carbocycles. The van der Waals surface area contributed by atoms with Gasteiger partial charge in [0, 0.05) is 5.56 Å². The van der Waals surface area contributed by atoms with E-state index in [-0.39, 0.29) is 21.2 Å². The van der Waals surface area contributed by atoms with E-state index in [1.54, 1.807) is 30.3 Å². The third kappa shape index (κ3) is 4.12. The molecular weight excluding hydrogens is 426 g/mol. The Morgan fingerprint density at radius 3 is 2.27 bits per heavy atom. The van der Waals surface area contributed by atoms with E-state index in [0.29, 0.717) is 11.3 Å². The van der Waals surface area contributed by atoms with Crippen molar-refractivity contribution in [3.8, 4) is 5.75 Å². The minimum absolute atomic E-state index is 0.0182. The Kier molecular flexibility index (Phi) is 5.39. The molecule has 0 radical (unpaired) electrons. The Balaban J connectivity index is 1.62. The second kappa shape index (κ2) is 8.14. The molecule has 1 aliphatic rings. The van der Waals surface area contributed by atoms with Crippen LogP contribution in [0.2, 0.25) is 5.02 Å². The average molecular weight is 440 g/mol. The van der Waals surface area contributed by atoms with Gasteiger partial charge in [-0.25, -0.2) is 4.79 Å². The van der Waals surface area contributed by atoms with Gasteiger partial charge in [0.05, 0.1) is 10.6 Å². The van der Waals surface area contributed by atoms with Crippen LogP contribution in [0.3, 0.4) is 0 Å². The molecule has 0 bridgehead atoms. The first-order valence-electron chi connectivity index (χ1n) is 8.80. The maximum atomic E-state index is 12.4. The standard InChI is InChI=1S/C22H14ClNO5S/c23-19-14-15(11-12-20(19)29-30(26,27)17-9-5-2-6-10-17)13-18-21(24-28-22(18)25)16-7-3-1-4-8-16/h1-14H/b18-13-.